The molecule has 0 bridgehead atoms. The highest BCUT2D eigenvalue weighted by molar-refractivity contribution is 7.89. The molecule has 0 spiro atoms. The van der Waals surface area contributed by atoms with E-state index in [2.05, 4.69) is 4.72 Å². The Kier molecular flexibility index (Phi) is 5.21. The standard InChI is InChI=1S/C20H27NO2S/c1-12-9-8-10-19(13(12)2)11-21-24(22,23)20-17(6)15(4)14(3)16(5)18(20)7/h8-10,21H,11H2,1-7H3. The topological polar surface area (TPSA) is 46.2 Å². The van der Waals surface area contributed by atoms with Gasteiger partial charge in [-0.1, -0.05) is 18.2 Å². The minimum atomic E-state index is -3.56. The Balaban J connectivity index is 2.44. The highest BCUT2D eigenvalue weighted by Crippen LogP contribution is 2.29. The molecule has 2 aromatic carbocycles. The fraction of sp³-hybridized carbons (Fsp3) is 0.400. The van der Waals surface area contributed by atoms with Gasteiger partial charge in [0.1, 0.15) is 0 Å². The van der Waals surface area contributed by atoms with Crippen LogP contribution >= 0.6 is 0 Å². The van der Waals surface area contributed by atoms with Crippen molar-refractivity contribution in [1.29, 1.82) is 0 Å². The van der Waals surface area contributed by atoms with Crippen LogP contribution in [0.25, 0.3) is 0 Å². The monoisotopic (exact) mass is 345 g/mol. The predicted molar refractivity (Wildman–Crippen MR) is 100 cm³/mol. The number of aryl methyl sites for hydroxylation is 1. The van der Waals surface area contributed by atoms with Crippen LogP contribution in [0.1, 0.15) is 44.5 Å². The lowest BCUT2D eigenvalue weighted by Gasteiger charge is -2.19. The first-order chi connectivity index (χ1) is 11.1. The molecule has 3 nitrogen and oxygen atoms in total. The van der Waals surface area contributed by atoms with E-state index in [1.165, 1.54) is 11.1 Å². The molecule has 0 atom stereocenters. The molecule has 0 radical (unpaired) electrons. The molecule has 0 aromatic heterocycles. The van der Waals surface area contributed by atoms with Crippen LogP contribution in [0.3, 0.4) is 0 Å². The Morgan fingerprint density at radius 3 is 1.79 bits per heavy atom. The summed E-state index contributed by atoms with van der Waals surface area (Å²) in [6.07, 6.45) is 0. The molecule has 4 heteroatoms. The molecule has 0 saturated carbocycles. The zero-order valence-corrected chi connectivity index (χ0v) is 16.5. The van der Waals surface area contributed by atoms with Gasteiger partial charge in [0.05, 0.1) is 4.90 Å². The number of sulfonamides is 1. The maximum atomic E-state index is 12.9. The third kappa shape index (κ3) is 3.26. The Labute approximate surface area is 146 Å². The first-order valence-electron chi connectivity index (χ1n) is 8.19. The summed E-state index contributed by atoms with van der Waals surface area (Å²) in [6, 6.07) is 5.97. The molecule has 0 amide bonds. The predicted octanol–water partition coefficient (Wildman–Crippen LogP) is 4.32. The molecule has 130 valence electrons. The van der Waals surface area contributed by atoms with E-state index in [0.717, 1.165) is 33.4 Å². The van der Waals surface area contributed by atoms with Crippen LogP contribution in [-0.4, -0.2) is 8.42 Å². The highest BCUT2D eigenvalue weighted by Gasteiger charge is 2.23. The summed E-state index contributed by atoms with van der Waals surface area (Å²) in [4.78, 5) is 0.424. The molecule has 0 fully saturated rings. The lowest BCUT2D eigenvalue weighted by Crippen LogP contribution is -2.26. The molecule has 24 heavy (non-hydrogen) atoms. The SMILES string of the molecule is Cc1cccc(CNS(=O)(=O)c2c(C)c(C)c(C)c(C)c2C)c1C. The smallest absolute Gasteiger partial charge is 0.207 e. The maximum absolute atomic E-state index is 12.9. The fourth-order valence-corrected chi connectivity index (χ4v) is 4.72. The van der Waals surface area contributed by atoms with Crippen molar-refractivity contribution in [2.24, 2.45) is 0 Å². The second-order valence-electron chi connectivity index (χ2n) is 6.64. The van der Waals surface area contributed by atoms with Crippen molar-refractivity contribution in [3.8, 4) is 0 Å². The van der Waals surface area contributed by atoms with Crippen molar-refractivity contribution >= 4 is 10.0 Å². The van der Waals surface area contributed by atoms with Crippen molar-refractivity contribution in [1.82, 2.24) is 4.72 Å². The zero-order chi connectivity index (χ0) is 18.2. The first-order valence-corrected chi connectivity index (χ1v) is 9.68. The summed E-state index contributed by atoms with van der Waals surface area (Å²) in [5.41, 5.74) is 8.24. The number of rotatable bonds is 4. The van der Waals surface area contributed by atoms with Crippen molar-refractivity contribution < 1.29 is 8.42 Å². The van der Waals surface area contributed by atoms with Crippen LogP contribution in [0.5, 0.6) is 0 Å². The number of hydrogen-bond acceptors (Lipinski definition) is 2. The molecule has 1 N–H and O–H groups in total. The second kappa shape index (κ2) is 6.69. The quantitative estimate of drug-likeness (QED) is 0.897. The summed E-state index contributed by atoms with van der Waals surface area (Å²) in [6.45, 7) is 14.2. The Morgan fingerprint density at radius 1 is 0.750 bits per heavy atom. The summed E-state index contributed by atoms with van der Waals surface area (Å²) in [5.74, 6) is 0. The van der Waals surface area contributed by atoms with E-state index in [4.69, 9.17) is 0 Å². The molecule has 0 aliphatic carbocycles. The average molecular weight is 346 g/mol. The Hall–Kier alpha value is -1.65. The van der Waals surface area contributed by atoms with E-state index in [0.29, 0.717) is 11.4 Å². The molecule has 0 unspecified atom stereocenters. The number of hydrogen-bond donors (Lipinski definition) is 1. The van der Waals surface area contributed by atoms with Gasteiger partial charge in [-0.15, -0.1) is 0 Å². The third-order valence-corrected chi connectivity index (χ3v) is 7.04. The summed E-state index contributed by atoms with van der Waals surface area (Å²) in [7, 11) is -3.56. The average Bonchev–Trinajstić information content (AvgIpc) is 2.52. The number of nitrogens with one attached hydrogen (secondary N) is 1. The van der Waals surface area contributed by atoms with Crippen LogP contribution in [0, 0.1) is 48.5 Å². The van der Waals surface area contributed by atoms with Gasteiger partial charge in [-0.3, -0.25) is 0 Å². The van der Waals surface area contributed by atoms with Gasteiger partial charge in [0.25, 0.3) is 0 Å². The van der Waals surface area contributed by atoms with Crippen LogP contribution in [0.4, 0.5) is 0 Å². The van der Waals surface area contributed by atoms with Crippen LogP contribution < -0.4 is 4.72 Å². The maximum Gasteiger partial charge on any atom is 0.241 e. The van der Waals surface area contributed by atoms with Crippen molar-refractivity contribution in [2.45, 2.75) is 59.9 Å². The third-order valence-electron chi connectivity index (χ3n) is 5.37. The van der Waals surface area contributed by atoms with E-state index >= 15 is 0 Å². The van der Waals surface area contributed by atoms with E-state index in [9.17, 15) is 8.42 Å². The molecule has 0 heterocycles. The van der Waals surface area contributed by atoms with Gasteiger partial charge in [0.2, 0.25) is 10.0 Å². The van der Waals surface area contributed by atoms with Crippen LogP contribution in [-0.2, 0) is 16.6 Å². The van der Waals surface area contributed by atoms with E-state index in [-0.39, 0.29) is 0 Å². The lowest BCUT2D eigenvalue weighted by atomic mass is 9.95. The highest BCUT2D eigenvalue weighted by atomic mass is 32.2. The molecule has 2 aromatic rings. The largest absolute Gasteiger partial charge is 0.241 e. The van der Waals surface area contributed by atoms with Gasteiger partial charge in [0.15, 0.2) is 0 Å². The number of benzene rings is 2. The summed E-state index contributed by atoms with van der Waals surface area (Å²) in [5, 5.41) is 0. The van der Waals surface area contributed by atoms with Crippen LogP contribution in [0.2, 0.25) is 0 Å². The molecule has 0 saturated heterocycles. The molecule has 0 aliphatic heterocycles. The van der Waals surface area contributed by atoms with Gasteiger partial charge in [-0.2, -0.15) is 0 Å². The van der Waals surface area contributed by atoms with Crippen molar-refractivity contribution in [2.75, 3.05) is 0 Å². The normalized spacial score (nSPS) is 11.8. The molecular weight excluding hydrogens is 318 g/mol. The van der Waals surface area contributed by atoms with E-state index < -0.39 is 10.0 Å². The van der Waals surface area contributed by atoms with E-state index in [1.54, 1.807) is 0 Å². The molecule has 0 aliphatic rings. The minimum absolute atomic E-state index is 0.306. The lowest BCUT2D eigenvalue weighted by molar-refractivity contribution is 0.579. The molecular formula is C20H27NO2S. The summed E-state index contributed by atoms with van der Waals surface area (Å²) >= 11 is 0. The van der Waals surface area contributed by atoms with Gasteiger partial charge in [-0.25, -0.2) is 13.1 Å². The zero-order valence-electron chi connectivity index (χ0n) is 15.7. The fourth-order valence-electron chi connectivity index (χ4n) is 3.12. The van der Waals surface area contributed by atoms with Crippen molar-refractivity contribution in [3.63, 3.8) is 0 Å². The Bertz CT molecular complexity index is 867. The minimum Gasteiger partial charge on any atom is -0.207 e. The van der Waals surface area contributed by atoms with E-state index in [1.807, 2.05) is 66.7 Å². The Morgan fingerprint density at radius 2 is 1.25 bits per heavy atom. The first kappa shape index (κ1) is 18.7. The van der Waals surface area contributed by atoms with Gasteiger partial charge >= 0.3 is 0 Å². The van der Waals surface area contributed by atoms with Crippen LogP contribution in [0.15, 0.2) is 23.1 Å². The second-order valence-corrected chi connectivity index (χ2v) is 8.34. The van der Waals surface area contributed by atoms with Gasteiger partial charge in [-0.05, 0) is 93.0 Å². The van der Waals surface area contributed by atoms with Gasteiger partial charge < -0.3 is 0 Å². The summed E-state index contributed by atoms with van der Waals surface area (Å²) < 4.78 is 28.7. The van der Waals surface area contributed by atoms with Crippen molar-refractivity contribution in [3.05, 3.63) is 62.7 Å². The van der Waals surface area contributed by atoms with Gasteiger partial charge in [0, 0.05) is 6.54 Å². The molecule has 2 rings (SSSR count).